The van der Waals surface area contributed by atoms with Crippen LogP contribution in [0.4, 0.5) is 0 Å². The molecule has 6 heteroatoms. The van der Waals surface area contributed by atoms with Crippen molar-refractivity contribution in [2.75, 3.05) is 20.8 Å². The number of hydrogen-bond donors (Lipinski definition) is 2. The first-order chi connectivity index (χ1) is 19.2. The third kappa shape index (κ3) is 4.97. The summed E-state index contributed by atoms with van der Waals surface area (Å²) in [6.07, 6.45) is 2.84. The summed E-state index contributed by atoms with van der Waals surface area (Å²) in [5, 5.41) is 1.13. The Labute approximate surface area is 227 Å². The van der Waals surface area contributed by atoms with Gasteiger partial charge in [0.1, 0.15) is 11.6 Å². The molecule has 0 aliphatic heterocycles. The van der Waals surface area contributed by atoms with Crippen molar-refractivity contribution >= 4 is 10.9 Å². The predicted molar refractivity (Wildman–Crippen MR) is 155 cm³/mol. The van der Waals surface area contributed by atoms with Gasteiger partial charge in [-0.3, -0.25) is 0 Å². The van der Waals surface area contributed by atoms with Crippen molar-refractivity contribution in [3.05, 3.63) is 109 Å². The lowest BCUT2D eigenvalue weighted by Crippen LogP contribution is -2.03. The van der Waals surface area contributed by atoms with E-state index in [1.54, 1.807) is 14.2 Å². The smallest absolute Gasteiger partial charge is 0.161 e. The highest BCUT2D eigenvalue weighted by molar-refractivity contribution is 5.98. The number of para-hydroxylation sites is 1. The van der Waals surface area contributed by atoms with E-state index >= 15 is 0 Å². The Kier molecular flexibility index (Phi) is 6.75. The van der Waals surface area contributed by atoms with Crippen molar-refractivity contribution in [1.29, 1.82) is 0 Å². The Morgan fingerprint density at radius 1 is 0.744 bits per heavy atom. The summed E-state index contributed by atoms with van der Waals surface area (Å²) in [4.78, 5) is 12.1. The fourth-order valence-corrected chi connectivity index (χ4v) is 4.80. The van der Waals surface area contributed by atoms with Crippen LogP contribution in [0.15, 0.2) is 103 Å². The number of nitrogens with zero attached hydrogens (tertiary/aromatic N) is 1. The lowest BCUT2D eigenvalue weighted by Gasteiger charge is -2.12. The van der Waals surface area contributed by atoms with Crippen molar-refractivity contribution < 1.29 is 14.2 Å². The Morgan fingerprint density at radius 2 is 1.51 bits per heavy atom. The van der Waals surface area contributed by atoms with Gasteiger partial charge < -0.3 is 24.2 Å². The molecule has 39 heavy (non-hydrogen) atoms. The number of aromatic amines is 2. The molecule has 0 amide bonds. The van der Waals surface area contributed by atoms with E-state index < -0.39 is 0 Å². The number of hydrogen-bond acceptors (Lipinski definition) is 4. The van der Waals surface area contributed by atoms with Gasteiger partial charge >= 0.3 is 0 Å². The SMILES string of the molecule is COc1ccc(-c2nc(-c3ccc(OC)c(OCCc4ccccc4)c3)[nH]c2-c2c[nH]c3ccccc23)cc1. The van der Waals surface area contributed by atoms with E-state index in [2.05, 4.69) is 34.2 Å². The van der Waals surface area contributed by atoms with Crippen LogP contribution in [-0.4, -0.2) is 35.8 Å². The Hall–Kier alpha value is -4.97. The molecule has 2 N–H and O–H groups in total. The highest BCUT2D eigenvalue weighted by Crippen LogP contribution is 2.39. The summed E-state index contributed by atoms with van der Waals surface area (Å²) in [5.41, 5.74) is 7.06. The molecular formula is C33H29N3O3. The third-order valence-electron chi connectivity index (χ3n) is 6.85. The van der Waals surface area contributed by atoms with E-state index in [-0.39, 0.29) is 0 Å². The lowest BCUT2D eigenvalue weighted by molar-refractivity contribution is 0.298. The Bertz CT molecular complexity index is 1700. The topological polar surface area (TPSA) is 72.2 Å². The zero-order chi connectivity index (χ0) is 26.6. The number of fused-ring (bicyclic) bond motifs is 1. The number of methoxy groups -OCH3 is 2. The molecule has 0 aliphatic carbocycles. The maximum atomic E-state index is 6.19. The van der Waals surface area contributed by atoms with Gasteiger partial charge in [-0.1, -0.05) is 48.5 Å². The van der Waals surface area contributed by atoms with E-state index in [0.29, 0.717) is 18.1 Å². The predicted octanol–water partition coefficient (Wildman–Crippen LogP) is 7.53. The molecule has 194 valence electrons. The number of aromatic nitrogens is 3. The first-order valence-corrected chi connectivity index (χ1v) is 12.9. The van der Waals surface area contributed by atoms with Crippen LogP contribution in [0.1, 0.15) is 5.56 Å². The highest BCUT2D eigenvalue weighted by atomic mass is 16.5. The second-order valence-electron chi connectivity index (χ2n) is 9.24. The largest absolute Gasteiger partial charge is 0.497 e. The maximum absolute atomic E-state index is 6.19. The summed E-state index contributed by atoms with van der Waals surface area (Å²) in [5.74, 6) is 2.92. The summed E-state index contributed by atoms with van der Waals surface area (Å²) in [7, 11) is 3.32. The summed E-state index contributed by atoms with van der Waals surface area (Å²) in [6.45, 7) is 0.541. The molecule has 2 heterocycles. The van der Waals surface area contributed by atoms with Gasteiger partial charge in [-0.2, -0.15) is 0 Å². The quantitative estimate of drug-likeness (QED) is 0.209. The molecule has 6 rings (SSSR count). The Balaban J connectivity index is 1.39. The van der Waals surface area contributed by atoms with Crippen molar-refractivity contribution in [1.82, 2.24) is 15.0 Å². The first kappa shape index (κ1) is 24.4. The minimum Gasteiger partial charge on any atom is -0.497 e. The minimum absolute atomic E-state index is 0.541. The Morgan fingerprint density at radius 3 is 2.31 bits per heavy atom. The number of H-pyrrole nitrogens is 2. The average Bonchev–Trinajstić information content (AvgIpc) is 3.62. The minimum atomic E-state index is 0.541. The van der Waals surface area contributed by atoms with Gasteiger partial charge in [0.15, 0.2) is 11.5 Å². The van der Waals surface area contributed by atoms with Gasteiger partial charge in [0.2, 0.25) is 0 Å². The molecule has 0 radical (unpaired) electrons. The fraction of sp³-hybridized carbons (Fsp3) is 0.121. The van der Waals surface area contributed by atoms with E-state index in [0.717, 1.165) is 57.0 Å². The van der Waals surface area contributed by atoms with Crippen LogP contribution in [0.25, 0.3) is 44.8 Å². The van der Waals surface area contributed by atoms with Crippen LogP contribution >= 0.6 is 0 Å². The maximum Gasteiger partial charge on any atom is 0.161 e. The summed E-state index contributed by atoms with van der Waals surface area (Å²) in [6, 6.07) is 32.5. The van der Waals surface area contributed by atoms with E-state index in [4.69, 9.17) is 19.2 Å². The normalized spacial score (nSPS) is 11.0. The fourth-order valence-electron chi connectivity index (χ4n) is 4.80. The van der Waals surface area contributed by atoms with E-state index in [1.807, 2.05) is 79.0 Å². The molecule has 0 aliphatic rings. The first-order valence-electron chi connectivity index (χ1n) is 12.9. The second kappa shape index (κ2) is 10.8. The third-order valence-corrected chi connectivity index (χ3v) is 6.85. The van der Waals surface area contributed by atoms with Crippen molar-refractivity contribution in [2.24, 2.45) is 0 Å². The van der Waals surface area contributed by atoms with Crippen LogP contribution in [0, 0.1) is 0 Å². The molecule has 0 saturated heterocycles. The van der Waals surface area contributed by atoms with Crippen LogP contribution in [0.3, 0.4) is 0 Å². The highest BCUT2D eigenvalue weighted by Gasteiger charge is 2.19. The van der Waals surface area contributed by atoms with Gasteiger partial charge in [0, 0.05) is 40.2 Å². The van der Waals surface area contributed by atoms with E-state index in [1.165, 1.54) is 5.56 Å². The average molecular weight is 516 g/mol. The zero-order valence-electron chi connectivity index (χ0n) is 21.9. The van der Waals surface area contributed by atoms with Gasteiger partial charge in [0.05, 0.1) is 32.2 Å². The van der Waals surface area contributed by atoms with Gasteiger partial charge in [0.25, 0.3) is 0 Å². The molecule has 0 unspecified atom stereocenters. The van der Waals surface area contributed by atoms with Crippen LogP contribution in [0.5, 0.6) is 17.2 Å². The number of rotatable bonds is 9. The molecular weight excluding hydrogens is 486 g/mol. The zero-order valence-corrected chi connectivity index (χ0v) is 21.9. The van der Waals surface area contributed by atoms with Crippen molar-refractivity contribution in [2.45, 2.75) is 6.42 Å². The molecule has 4 aromatic carbocycles. The molecule has 2 aromatic heterocycles. The molecule has 6 nitrogen and oxygen atoms in total. The number of imidazole rings is 1. The molecule has 0 bridgehead atoms. The molecule has 0 saturated carbocycles. The molecule has 0 atom stereocenters. The van der Waals surface area contributed by atoms with Gasteiger partial charge in [-0.25, -0.2) is 4.98 Å². The van der Waals surface area contributed by atoms with Crippen LogP contribution in [-0.2, 0) is 6.42 Å². The van der Waals surface area contributed by atoms with Gasteiger partial charge in [-0.15, -0.1) is 0 Å². The second-order valence-corrected chi connectivity index (χ2v) is 9.24. The molecule has 6 aromatic rings. The molecule has 0 fully saturated rings. The summed E-state index contributed by atoms with van der Waals surface area (Å²) >= 11 is 0. The molecule has 0 spiro atoms. The van der Waals surface area contributed by atoms with Crippen molar-refractivity contribution in [3.63, 3.8) is 0 Å². The number of benzene rings is 4. The summed E-state index contributed by atoms with van der Waals surface area (Å²) < 4.78 is 17.2. The lowest BCUT2D eigenvalue weighted by atomic mass is 10.0. The van der Waals surface area contributed by atoms with Crippen LogP contribution in [0.2, 0.25) is 0 Å². The number of nitrogens with one attached hydrogen (secondary N) is 2. The van der Waals surface area contributed by atoms with Crippen molar-refractivity contribution in [3.8, 4) is 51.2 Å². The number of ether oxygens (including phenoxy) is 3. The standard InChI is InChI=1S/C33H29N3O3/c1-37-25-15-12-23(13-16-25)31-32(27-21-34-28-11-7-6-10-26(27)28)36-33(35-31)24-14-17-29(38-2)30(20-24)39-19-18-22-8-4-3-5-9-22/h3-17,20-21,34H,18-19H2,1-2H3,(H,35,36). The van der Waals surface area contributed by atoms with E-state index in [9.17, 15) is 0 Å². The van der Waals surface area contributed by atoms with Crippen LogP contribution < -0.4 is 14.2 Å². The monoisotopic (exact) mass is 515 g/mol. The van der Waals surface area contributed by atoms with Gasteiger partial charge in [-0.05, 0) is 54.1 Å².